The van der Waals surface area contributed by atoms with Gasteiger partial charge in [0.1, 0.15) is 22.8 Å². The molecule has 12 nitrogen and oxygen atoms in total. The van der Waals surface area contributed by atoms with Crippen LogP contribution in [-0.4, -0.2) is 53.7 Å². The summed E-state index contributed by atoms with van der Waals surface area (Å²) in [5, 5.41) is 11.8. The lowest BCUT2D eigenvalue weighted by atomic mass is 10.2. The highest BCUT2D eigenvalue weighted by Gasteiger charge is 2.17. The molecular formula is C30H34N8O4. The molecule has 4 aromatic rings. The van der Waals surface area contributed by atoms with Gasteiger partial charge >= 0.3 is 6.09 Å². The number of ether oxygens (including phenoxy) is 2. The molecule has 0 aliphatic heterocycles. The Balaban J connectivity index is 1.46. The summed E-state index contributed by atoms with van der Waals surface area (Å²) in [4.78, 5) is 39.1. The van der Waals surface area contributed by atoms with Gasteiger partial charge in [-0.2, -0.15) is 4.98 Å². The van der Waals surface area contributed by atoms with Crippen LogP contribution < -0.4 is 30.9 Å². The first-order valence-electron chi connectivity index (χ1n) is 13.1. The molecule has 0 aliphatic rings. The van der Waals surface area contributed by atoms with Gasteiger partial charge in [-0.15, -0.1) is 0 Å². The van der Waals surface area contributed by atoms with Gasteiger partial charge in [0.25, 0.3) is 5.91 Å². The monoisotopic (exact) mass is 570 g/mol. The van der Waals surface area contributed by atoms with Crippen LogP contribution in [0, 0.1) is 0 Å². The molecule has 0 saturated heterocycles. The number of nitrogens with one attached hydrogen (secondary N) is 4. The Morgan fingerprint density at radius 2 is 1.60 bits per heavy atom. The van der Waals surface area contributed by atoms with E-state index in [2.05, 4.69) is 36.2 Å². The first-order chi connectivity index (χ1) is 20.0. The Morgan fingerprint density at radius 1 is 0.857 bits per heavy atom. The van der Waals surface area contributed by atoms with E-state index in [-0.39, 0.29) is 11.6 Å². The highest BCUT2D eigenvalue weighted by Crippen LogP contribution is 2.29. The van der Waals surface area contributed by atoms with Crippen molar-refractivity contribution in [1.82, 2.24) is 20.3 Å². The molecule has 0 saturated carbocycles. The van der Waals surface area contributed by atoms with Crippen LogP contribution in [0.2, 0.25) is 0 Å². The van der Waals surface area contributed by atoms with Crippen LogP contribution in [0.25, 0.3) is 0 Å². The average molecular weight is 571 g/mol. The number of hydrogen-bond donors (Lipinski definition) is 4. The van der Waals surface area contributed by atoms with Crippen LogP contribution in [0.15, 0.2) is 73.1 Å². The van der Waals surface area contributed by atoms with E-state index in [1.807, 2.05) is 64.0 Å². The van der Waals surface area contributed by atoms with E-state index in [4.69, 9.17) is 9.47 Å². The third kappa shape index (κ3) is 8.31. The number of hydrogen-bond acceptors (Lipinski definition) is 10. The Kier molecular flexibility index (Phi) is 9.05. The lowest BCUT2D eigenvalue weighted by Gasteiger charge is -2.20. The molecule has 4 rings (SSSR count). The minimum atomic E-state index is -0.601. The number of carbonyl (C=O) groups is 2. The van der Waals surface area contributed by atoms with Crippen molar-refractivity contribution in [1.29, 1.82) is 0 Å². The molecule has 12 heteroatoms. The van der Waals surface area contributed by atoms with E-state index in [0.29, 0.717) is 34.6 Å². The standard InChI is InChI=1S/C30H34N8O4/c1-30(2,3)42-29(40)36-21-9-7-8-20(16-21)34-26-25(38(5)6)18-33-28(37-26)35-19-10-12-22(13-11-19)41-23-14-15-32-24(17-23)27(39)31-4/h7-18H,1-6H3,(H,31,39)(H,36,40)(H2,33,34,35,37). The largest absolute Gasteiger partial charge is 0.457 e. The highest BCUT2D eigenvalue weighted by molar-refractivity contribution is 5.92. The van der Waals surface area contributed by atoms with Gasteiger partial charge in [0.2, 0.25) is 5.95 Å². The summed E-state index contributed by atoms with van der Waals surface area (Å²) in [6.45, 7) is 5.43. The smallest absolute Gasteiger partial charge is 0.412 e. The molecule has 2 aromatic heterocycles. The minimum Gasteiger partial charge on any atom is -0.457 e. The van der Waals surface area contributed by atoms with Crippen molar-refractivity contribution in [2.45, 2.75) is 26.4 Å². The van der Waals surface area contributed by atoms with Crippen molar-refractivity contribution in [2.24, 2.45) is 0 Å². The third-order valence-electron chi connectivity index (χ3n) is 5.56. The first-order valence-corrected chi connectivity index (χ1v) is 13.1. The van der Waals surface area contributed by atoms with Crippen molar-refractivity contribution in [3.05, 3.63) is 78.8 Å². The Bertz CT molecular complexity index is 1550. The number of rotatable bonds is 9. The molecule has 2 aromatic carbocycles. The van der Waals surface area contributed by atoms with Crippen LogP contribution in [0.3, 0.4) is 0 Å². The maximum atomic E-state index is 12.2. The Morgan fingerprint density at radius 3 is 2.29 bits per heavy atom. The summed E-state index contributed by atoms with van der Waals surface area (Å²) in [7, 11) is 5.34. The van der Waals surface area contributed by atoms with Gasteiger partial charge in [-0.1, -0.05) is 6.07 Å². The first kappa shape index (κ1) is 29.6. The third-order valence-corrected chi connectivity index (χ3v) is 5.56. The van der Waals surface area contributed by atoms with E-state index in [1.54, 1.807) is 49.6 Å². The summed E-state index contributed by atoms with van der Waals surface area (Å²) in [6.07, 6.45) is 2.70. The number of benzene rings is 2. The van der Waals surface area contributed by atoms with Crippen LogP contribution in [0.4, 0.5) is 39.3 Å². The van der Waals surface area contributed by atoms with Gasteiger partial charge in [0.15, 0.2) is 5.82 Å². The van der Waals surface area contributed by atoms with Gasteiger partial charge in [-0.05, 0) is 69.3 Å². The van der Waals surface area contributed by atoms with E-state index < -0.39 is 11.7 Å². The fourth-order valence-electron chi connectivity index (χ4n) is 3.69. The molecule has 42 heavy (non-hydrogen) atoms. The molecule has 0 spiro atoms. The van der Waals surface area contributed by atoms with E-state index in [1.165, 1.54) is 6.20 Å². The van der Waals surface area contributed by atoms with Gasteiger partial charge in [-0.25, -0.2) is 9.78 Å². The SMILES string of the molecule is CNC(=O)c1cc(Oc2ccc(Nc3ncc(N(C)C)c(Nc4cccc(NC(=O)OC(C)(C)C)c4)n3)cc2)ccn1. The molecule has 0 radical (unpaired) electrons. The molecule has 4 N–H and O–H groups in total. The second-order valence-electron chi connectivity index (χ2n) is 10.4. The molecular weight excluding hydrogens is 536 g/mol. The topological polar surface area (TPSA) is 143 Å². The van der Waals surface area contributed by atoms with Crippen molar-refractivity contribution in [3.8, 4) is 11.5 Å². The van der Waals surface area contributed by atoms with Crippen LogP contribution >= 0.6 is 0 Å². The molecule has 0 unspecified atom stereocenters. The van der Waals surface area contributed by atoms with Crippen molar-refractivity contribution in [3.63, 3.8) is 0 Å². The molecule has 2 heterocycles. The number of anilines is 6. The van der Waals surface area contributed by atoms with E-state index in [9.17, 15) is 9.59 Å². The molecule has 2 amide bonds. The summed E-state index contributed by atoms with van der Waals surface area (Å²) in [6, 6.07) is 17.7. The fourth-order valence-corrected chi connectivity index (χ4v) is 3.69. The lowest BCUT2D eigenvalue weighted by Crippen LogP contribution is -2.27. The average Bonchev–Trinajstić information content (AvgIpc) is 2.93. The van der Waals surface area contributed by atoms with Crippen molar-refractivity contribution in [2.75, 3.05) is 42.0 Å². The maximum Gasteiger partial charge on any atom is 0.412 e. The summed E-state index contributed by atoms with van der Waals surface area (Å²) in [5.41, 5.74) is 2.47. The quantitative estimate of drug-likeness (QED) is 0.191. The number of nitrogens with zero attached hydrogens (tertiary/aromatic N) is 4. The zero-order valence-corrected chi connectivity index (χ0v) is 24.4. The van der Waals surface area contributed by atoms with Gasteiger partial charge < -0.3 is 30.3 Å². The summed E-state index contributed by atoms with van der Waals surface area (Å²) >= 11 is 0. The van der Waals surface area contributed by atoms with Crippen LogP contribution in [-0.2, 0) is 4.74 Å². The number of aromatic nitrogens is 3. The number of amides is 2. The molecule has 218 valence electrons. The van der Waals surface area contributed by atoms with E-state index in [0.717, 1.165) is 11.4 Å². The lowest BCUT2D eigenvalue weighted by molar-refractivity contribution is 0.0635. The number of pyridine rings is 1. The second kappa shape index (κ2) is 12.9. The predicted molar refractivity (Wildman–Crippen MR) is 163 cm³/mol. The fraction of sp³-hybridized carbons (Fsp3) is 0.233. The van der Waals surface area contributed by atoms with Gasteiger partial charge in [0, 0.05) is 50.5 Å². The maximum absolute atomic E-state index is 12.2. The predicted octanol–water partition coefficient (Wildman–Crippen LogP) is 5.92. The number of carbonyl (C=O) groups excluding carboxylic acids is 2. The minimum absolute atomic E-state index is 0.266. The van der Waals surface area contributed by atoms with Crippen LogP contribution in [0.5, 0.6) is 11.5 Å². The van der Waals surface area contributed by atoms with Gasteiger partial charge in [-0.3, -0.25) is 15.1 Å². The summed E-state index contributed by atoms with van der Waals surface area (Å²) in [5.74, 6) is 1.73. The highest BCUT2D eigenvalue weighted by atomic mass is 16.6. The Labute approximate surface area is 244 Å². The molecule has 0 fully saturated rings. The van der Waals surface area contributed by atoms with E-state index >= 15 is 0 Å². The summed E-state index contributed by atoms with van der Waals surface area (Å²) < 4.78 is 11.2. The normalized spacial score (nSPS) is 10.8. The zero-order chi connectivity index (χ0) is 30.3. The van der Waals surface area contributed by atoms with Crippen LogP contribution in [0.1, 0.15) is 31.3 Å². The van der Waals surface area contributed by atoms with Crippen molar-refractivity contribution >= 4 is 46.5 Å². The van der Waals surface area contributed by atoms with Crippen molar-refractivity contribution < 1.29 is 19.1 Å². The second-order valence-corrected chi connectivity index (χ2v) is 10.4. The molecule has 0 aliphatic carbocycles. The molecule has 0 atom stereocenters. The molecule has 0 bridgehead atoms. The zero-order valence-electron chi connectivity index (χ0n) is 24.4. The van der Waals surface area contributed by atoms with Gasteiger partial charge in [0.05, 0.1) is 11.9 Å². The Hall–Kier alpha value is -5.39.